The molecule has 0 bridgehead atoms. The third-order valence-corrected chi connectivity index (χ3v) is 2.84. The van der Waals surface area contributed by atoms with Gasteiger partial charge in [0.15, 0.2) is 0 Å². The van der Waals surface area contributed by atoms with Crippen molar-refractivity contribution in [1.82, 2.24) is 5.32 Å². The van der Waals surface area contributed by atoms with Gasteiger partial charge in [-0.3, -0.25) is 4.79 Å². The van der Waals surface area contributed by atoms with Gasteiger partial charge in [0.05, 0.1) is 0 Å². The minimum Gasteiger partial charge on any atom is -0.352 e. The Bertz CT molecular complexity index is 168. The Labute approximate surface area is 78.7 Å². The van der Waals surface area contributed by atoms with Crippen molar-refractivity contribution < 1.29 is 4.79 Å². The first-order valence-electron chi connectivity index (χ1n) is 4.55. The Morgan fingerprint density at radius 3 is 2.67 bits per heavy atom. The van der Waals surface area contributed by atoms with Crippen LogP contribution in [-0.4, -0.2) is 17.8 Å². The number of rotatable bonds is 4. The molecular weight excluding hydrogens is 174 g/mol. The smallest absolute Gasteiger partial charge is 0.223 e. The molecule has 1 fully saturated rings. The molecule has 3 unspecified atom stereocenters. The van der Waals surface area contributed by atoms with E-state index in [2.05, 4.69) is 12.2 Å². The van der Waals surface area contributed by atoms with Gasteiger partial charge in [-0.1, -0.05) is 13.8 Å². The number of amides is 1. The normalized spacial score (nSPS) is 29.6. The standard InChI is InChI=1S/C9H16ClNO/c1-3-7(5-10)11-9(12)8-4-6(8)2/h6-8H,3-5H2,1-2H3,(H,11,12). The van der Waals surface area contributed by atoms with E-state index in [0.29, 0.717) is 11.8 Å². The summed E-state index contributed by atoms with van der Waals surface area (Å²) in [5.41, 5.74) is 0. The fourth-order valence-corrected chi connectivity index (χ4v) is 1.54. The Kier molecular flexibility index (Phi) is 3.39. The van der Waals surface area contributed by atoms with Crippen LogP contribution in [0.3, 0.4) is 0 Å². The molecule has 3 atom stereocenters. The average molecular weight is 190 g/mol. The molecule has 12 heavy (non-hydrogen) atoms. The fraction of sp³-hybridized carbons (Fsp3) is 0.889. The van der Waals surface area contributed by atoms with Crippen LogP contribution in [0.1, 0.15) is 26.7 Å². The molecule has 70 valence electrons. The first-order chi connectivity index (χ1) is 5.69. The highest BCUT2D eigenvalue weighted by atomic mass is 35.5. The summed E-state index contributed by atoms with van der Waals surface area (Å²) in [6.07, 6.45) is 1.96. The maximum absolute atomic E-state index is 11.4. The van der Waals surface area contributed by atoms with Crippen LogP contribution < -0.4 is 5.32 Å². The van der Waals surface area contributed by atoms with Gasteiger partial charge in [-0.15, -0.1) is 11.6 Å². The molecule has 1 aliphatic carbocycles. The summed E-state index contributed by atoms with van der Waals surface area (Å²) in [4.78, 5) is 11.4. The van der Waals surface area contributed by atoms with Crippen LogP contribution >= 0.6 is 11.6 Å². The molecule has 3 heteroatoms. The second-order valence-corrected chi connectivity index (χ2v) is 3.90. The minimum atomic E-state index is 0.159. The van der Waals surface area contributed by atoms with E-state index in [-0.39, 0.29) is 17.9 Å². The molecule has 0 aliphatic heterocycles. The predicted octanol–water partition coefficient (Wildman–Crippen LogP) is 1.78. The molecule has 0 aromatic rings. The molecule has 0 radical (unpaired) electrons. The van der Waals surface area contributed by atoms with Crippen molar-refractivity contribution in [3.05, 3.63) is 0 Å². The zero-order valence-corrected chi connectivity index (χ0v) is 8.40. The van der Waals surface area contributed by atoms with E-state index >= 15 is 0 Å². The number of carbonyl (C=O) groups excluding carboxylic acids is 1. The first kappa shape index (κ1) is 9.85. The van der Waals surface area contributed by atoms with Crippen molar-refractivity contribution in [2.75, 3.05) is 5.88 Å². The Hall–Kier alpha value is -0.240. The number of alkyl halides is 1. The van der Waals surface area contributed by atoms with Crippen molar-refractivity contribution in [2.45, 2.75) is 32.7 Å². The van der Waals surface area contributed by atoms with Crippen LogP contribution in [0.5, 0.6) is 0 Å². The number of carbonyl (C=O) groups is 1. The zero-order chi connectivity index (χ0) is 9.14. The fourth-order valence-electron chi connectivity index (χ4n) is 1.25. The molecule has 1 N–H and O–H groups in total. The molecule has 0 aromatic carbocycles. The largest absolute Gasteiger partial charge is 0.352 e. The lowest BCUT2D eigenvalue weighted by Gasteiger charge is -2.13. The summed E-state index contributed by atoms with van der Waals surface area (Å²) in [7, 11) is 0. The molecule has 1 amide bonds. The first-order valence-corrected chi connectivity index (χ1v) is 5.08. The van der Waals surface area contributed by atoms with Gasteiger partial charge in [0, 0.05) is 17.8 Å². The maximum Gasteiger partial charge on any atom is 0.223 e. The van der Waals surface area contributed by atoms with Gasteiger partial charge in [0.25, 0.3) is 0 Å². The second-order valence-electron chi connectivity index (χ2n) is 3.59. The van der Waals surface area contributed by atoms with Crippen LogP contribution in [0.15, 0.2) is 0 Å². The maximum atomic E-state index is 11.4. The third kappa shape index (κ3) is 2.37. The lowest BCUT2D eigenvalue weighted by Crippen LogP contribution is -2.36. The Morgan fingerprint density at radius 2 is 2.33 bits per heavy atom. The van der Waals surface area contributed by atoms with Crippen LogP contribution in [0.25, 0.3) is 0 Å². The van der Waals surface area contributed by atoms with Crippen molar-refractivity contribution in [3.63, 3.8) is 0 Å². The summed E-state index contributed by atoms with van der Waals surface area (Å²) in [6, 6.07) is 0.159. The van der Waals surface area contributed by atoms with Crippen LogP contribution in [0.2, 0.25) is 0 Å². The van der Waals surface area contributed by atoms with Crippen molar-refractivity contribution in [3.8, 4) is 0 Å². The van der Waals surface area contributed by atoms with Crippen molar-refractivity contribution >= 4 is 17.5 Å². The van der Waals surface area contributed by atoms with Gasteiger partial charge in [0.2, 0.25) is 5.91 Å². The molecule has 1 aliphatic rings. The topological polar surface area (TPSA) is 29.1 Å². The summed E-state index contributed by atoms with van der Waals surface area (Å²) < 4.78 is 0. The van der Waals surface area contributed by atoms with Gasteiger partial charge >= 0.3 is 0 Å². The van der Waals surface area contributed by atoms with Crippen LogP contribution in [-0.2, 0) is 4.79 Å². The summed E-state index contributed by atoms with van der Waals surface area (Å²) in [5.74, 6) is 1.55. The molecule has 0 saturated heterocycles. The Balaban J connectivity index is 2.25. The minimum absolute atomic E-state index is 0.159. The molecular formula is C9H16ClNO. The third-order valence-electron chi connectivity index (χ3n) is 2.47. The number of hydrogen-bond donors (Lipinski definition) is 1. The lowest BCUT2D eigenvalue weighted by molar-refractivity contribution is -0.123. The number of halogens is 1. The average Bonchev–Trinajstić information content (AvgIpc) is 2.78. The van der Waals surface area contributed by atoms with Gasteiger partial charge in [-0.25, -0.2) is 0 Å². The molecule has 0 aromatic heterocycles. The van der Waals surface area contributed by atoms with E-state index in [1.807, 2.05) is 6.92 Å². The highest BCUT2D eigenvalue weighted by Gasteiger charge is 2.39. The van der Waals surface area contributed by atoms with E-state index in [1.54, 1.807) is 0 Å². The summed E-state index contributed by atoms with van der Waals surface area (Å²) >= 11 is 5.66. The number of nitrogens with one attached hydrogen (secondary N) is 1. The SMILES string of the molecule is CCC(CCl)NC(=O)C1CC1C. The number of hydrogen-bond acceptors (Lipinski definition) is 1. The summed E-state index contributed by atoms with van der Waals surface area (Å²) in [6.45, 7) is 4.13. The van der Waals surface area contributed by atoms with Crippen molar-refractivity contribution in [1.29, 1.82) is 0 Å². The second kappa shape index (κ2) is 4.13. The Morgan fingerprint density at radius 1 is 1.75 bits per heavy atom. The highest BCUT2D eigenvalue weighted by Crippen LogP contribution is 2.37. The highest BCUT2D eigenvalue weighted by molar-refractivity contribution is 6.18. The molecule has 2 nitrogen and oxygen atoms in total. The van der Waals surface area contributed by atoms with E-state index < -0.39 is 0 Å². The molecule has 1 rings (SSSR count). The van der Waals surface area contributed by atoms with Gasteiger partial charge < -0.3 is 5.32 Å². The quantitative estimate of drug-likeness (QED) is 0.672. The van der Waals surface area contributed by atoms with Gasteiger partial charge in [-0.2, -0.15) is 0 Å². The predicted molar refractivity (Wildman–Crippen MR) is 50.2 cm³/mol. The van der Waals surface area contributed by atoms with E-state index in [4.69, 9.17) is 11.6 Å². The molecule has 1 saturated carbocycles. The van der Waals surface area contributed by atoms with E-state index in [1.165, 1.54) is 0 Å². The lowest BCUT2D eigenvalue weighted by atomic mass is 10.2. The van der Waals surface area contributed by atoms with Crippen molar-refractivity contribution in [2.24, 2.45) is 11.8 Å². The van der Waals surface area contributed by atoms with Crippen LogP contribution in [0.4, 0.5) is 0 Å². The zero-order valence-electron chi connectivity index (χ0n) is 7.64. The van der Waals surface area contributed by atoms with Gasteiger partial charge in [-0.05, 0) is 18.8 Å². The van der Waals surface area contributed by atoms with Gasteiger partial charge in [0.1, 0.15) is 0 Å². The molecule has 0 spiro atoms. The summed E-state index contributed by atoms with van der Waals surface area (Å²) in [5, 5.41) is 2.94. The van der Waals surface area contributed by atoms with Crippen LogP contribution in [0, 0.1) is 11.8 Å². The monoisotopic (exact) mass is 189 g/mol. The molecule has 0 heterocycles. The van der Waals surface area contributed by atoms with E-state index in [9.17, 15) is 4.79 Å². The van der Waals surface area contributed by atoms with E-state index in [0.717, 1.165) is 12.8 Å².